The molecular weight excluding hydrogens is 316 g/mol. The fourth-order valence-corrected chi connectivity index (χ4v) is 4.53. The average Bonchev–Trinajstić information content (AvgIpc) is 2.42. The molecule has 20 heavy (non-hydrogen) atoms. The molecule has 0 saturated heterocycles. The SMILES string of the molecule is COc1ccc2c(c1)C[C@H]1C(C)(C)[C@@H](Br)CC[C@@]1(C)O2. The Morgan fingerprint density at radius 2 is 2.05 bits per heavy atom. The van der Waals surface area contributed by atoms with Gasteiger partial charge in [-0.2, -0.15) is 0 Å². The zero-order valence-electron chi connectivity index (χ0n) is 12.7. The first-order chi connectivity index (χ1) is 9.37. The molecule has 0 unspecified atom stereocenters. The Bertz CT molecular complexity index is 526. The molecular formula is C17H23BrO2. The molecule has 3 rings (SSSR count). The predicted octanol–water partition coefficient (Wildman–Crippen LogP) is 4.59. The van der Waals surface area contributed by atoms with Crippen LogP contribution in [0.4, 0.5) is 0 Å². The average molecular weight is 339 g/mol. The zero-order valence-corrected chi connectivity index (χ0v) is 14.3. The maximum absolute atomic E-state index is 6.43. The molecule has 0 radical (unpaired) electrons. The maximum Gasteiger partial charge on any atom is 0.123 e. The molecule has 2 nitrogen and oxygen atoms in total. The molecule has 0 spiro atoms. The van der Waals surface area contributed by atoms with Crippen molar-refractivity contribution in [1.29, 1.82) is 0 Å². The third-order valence-electron chi connectivity index (χ3n) is 5.37. The Kier molecular flexibility index (Phi) is 3.32. The highest BCUT2D eigenvalue weighted by molar-refractivity contribution is 9.09. The van der Waals surface area contributed by atoms with Crippen molar-refractivity contribution in [1.82, 2.24) is 0 Å². The van der Waals surface area contributed by atoms with Crippen molar-refractivity contribution in [2.45, 2.75) is 50.5 Å². The monoisotopic (exact) mass is 338 g/mol. The minimum absolute atomic E-state index is 0.0463. The Morgan fingerprint density at radius 3 is 2.75 bits per heavy atom. The third-order valence-corrected chi connectivity index (χ3v) is 7.01. The summed E-state index contributed by atoms with van der Waals surface area (Å²) in [5.74, 6) is 2.47. The first-order valence-corrected chi connectivity index (χ1v) is 8.28. The van der Waals surface area contributed by atoms with Crippen LogP contribution in [0.5, 0.6) is 11.5 Å². The van der Waals surface area contributed by atoms with E-state index in [1.807, 2.05) is 6.07 Å². The van der Waals surface area contributed by atoms with Gasteiger partial charge in [0.2, 0.25) is 0 Å². The summed E-state index contributed by atoms with van der Waals surface area (Å²) in [7, 11) is 1.72. The zero-order chi connectivity index (χ0) is 14.5. The quantitative estimate of drug-likeness (QED) is 0.697. The van der Waals surface area contributed by atoms with Crippen molar-refractivity contribution in [3.05, 3.63) is 23.8 Å². The van der Waals surface area contributed by atoms with Crippen molar-refractivity contribution < 1.29 is 9.47 Å². The molecule has 1 heterocycles. The Morgan fingerprint density at radius 1 is 1.30 bits per heavy atom. The molecule has 0 amide bonds. The summed E-state index contributed by atoms with van der Waals surface area (Å²) in [6.45, 7) is 7.01. The molecule has 0 bridgehead atoms. The van der Waals surface area contributed by atoms with Gasteiger partial charge in [0.05, 0.1) is 7.11 Å². The van der Waals surface area contributed by atoms with Crippen molar-refractivity contribution >= 4 is 15.9 Å². The summed E-state index contributed by atoms with van der Waals surface area (Å²) in [5.41, 5.74) is 1.46. The van der Waals surface area contributed by atoms with E-state index in [2.05, 4.69) is 48.8 Å². The molecule has 1 saturated carbocycles. The lowest BCUT2D eigenvalue weighted by Gasteiger charge is -2.55. The first kappa shape index (κ1) is 14.2. The highest BCUT2D eigenvalue weighted by Crippen LogP contribution is 2.55. The van der Waals surface area contributed by atoms with Crippen LogP contribution < -0.4 is 9.47 Å². The van der Waals surface area contributed by atoms with E-state index in [4.69, 9.17) is 9.47 Å². The van der Waals surface area contributed by atoms with E-state index < -0.39 is 0 Å². The van der Waals surface area contributed by atoms with E-state index in [0.29, 0.717) is 10.7 Å². The van der Waals surface area contributed by atoms with Crippen LogP contribution in [-0.2, 0) is 6.42 Å². The van der Waals surface area contributed by atoms with Crippen LogP contribution in [0, 0.1) is 11.3 Å². The Hall–Kier alpha value is -0.700. The standard InChI is InChI=1S/C17H23BrO2/c1-16(2)14-10-11-9-12(19-4)5-6-13(11)20-17(14,3)8-7-15(16)18/h5-6,9,14-15H,7-8,10H2,1-4H3/t14-,15-,17+/m0/s1. The van der Waals surface area contributed by atoms with Gasteiger partial charge in [-0.1, -0.05) is 29.8 Å². The van der Waals surface area contributed by atoms with Crippen LogP contribution in [0.25, 0.3) is 0 Å². The minimum atomic E-state index is -0.0463. The number of ether oxygens (including phenoxy) is 2. The highest BCUT2D eigenvalue weighted by Gasteiger charge is 2.54. The van der Waals surface area contributed by atoms with Gasteiger partial charge in [0, 0.05) is 10.7 Å². The molecule has 0 aromatic heterocycles. The number of rotatable bonds is 1. The minimum Gasteiger partial charge on any atom is -0.497 e. The number of hydrogen-bond donors (Lipinski definition) is 0. The van der Waals surface area contributed by atoms with Gasteiger partial charge in [-0.05, 0) is 55.4 Å². The van der Waals surface area contributed by atoms with Crippen molar-refractivity contribution in [2.75, 3.05) is 7.11 Å². The van der Waals surface area contributed by atoms with Crippen LogP contribution in [0.3, 0.4) is 0 Å². The van der Waals surface area contributed by atoms with Crippen molar-refractivity contribution in [3.8, 4) is 11.5 Å². The first-order valence-electron chi connectivity index (χ1n) is 7.37. The van der Waals surface area contributed by atoms with Gasteiger partial charge >= 0.3 is 0 Å². The van der Waals surface area contributed by atoms with Gasteiger partial charge in [-0.15, -0.1) is 0 Å². The third kappa shape index (κ3) is 2.05. The summed E-state index contributed by atoms with van der Waals surface area (Å²) in [4.78, 5) is 0.559. The second kappa shape index (κ2) is 4.66. The predicted molar refractivity (Wildman–Crippen MR) is 85.0 cm³/mol. The normalized spacial score (nSPS) is 34.6. The lowest BCUT2D eigenvalue weighted by Crippen LogP contribution is -2.57. The fourth-order valence-electron chi connectivity index (χ4n) is 3.98. The number of halogens is 1. The Balaban J connectivity index is 2.02. The molecule has 110 valence electrons. The largest absolute Gasteiger partial charge is 0.497 e. The van der Waals surface area contributed by atoms with E-state index in [9.17, 15) is 0 Å². The van der Waals surface area contributed by atoms with Gasteiger partial charge < -0.3 is 9.47 Å². The van der Waals surface area contributed by atoms with Crippen LogP contribution in [0.2, 0.25) is 0 Å². The van der Waals surface area contributed by atoms with Crippen LogP contribution in [-0.4, -0.2) is 17.5 Å². The second-order valence-corrected chi connectivity index (χ2v) is 8.08. The van der Waals surface area contributed by atoms with E-state index in [0.717, 1.165) is 24.3 Å². The number of benzene rings is 1. The maximum atomic E-state index is 6.43. The smallest absolute Gasteiger partial charge is 0.123 e. The summed E-state index contributed by atoms with van der Waals surface area (Å²) >= 11 is 3.88. The van der Waals surface area contributed by atoms with E-state index in [1.165, 1.54) is 12.0 Å². The van der Waals surface area contributed by atoms with Gasteiger partial charge in [0.1, 0.15) is 17.1 Å². The Labute approximate surface area is 130 Å². The van der Waals surface area contributed by atoms with E-state index in [1.54, 1.807) is 7.11 Å². The van der Waals surface area contributed by atoms with Crippen LogP contribution in [0.15, 0.2) is 18.2 Å². The fraction of sp³-hybridized carbons (Fsp3) is 0.647. The topological polar surface area (TPSA) is 18.5 Å². The van der Waals surface area contributed by atoms with Crippen molar-refractivity contribution in [3.63, 3.8) is 0 Å². The number of alkyl halides is 1. The molecule has 1 aliphatic carbocycles. The highest BCUT2D eigenvalue weighted by atomic mass is 79.9. The summed E-state index contributed by atoms with van der Waals surface area (Å²) in [6.07, 6.45) is 3.35. The molecule has 1 aliphatic heterocycles. The molecule has 1 aromatic carbocycles. The lowest BCUT2D eigenvalue weighted by atomic mass is 9.59. The van der Waals surface area contributed by atoms with Gasteiger partial charge in [0.25, 0.3) is 0 Å². The number of methoxy groups -OCH3 is 1. The van der Waals surface area contributed by atoms with E-state index in [-0.39, 0.29) is 11.0 Å². The van der Waals surface area contributed by atoms with E-state index >= 15 is 0 Å². The number of fused-ring (bicyclic) bond motifs is 2. The lowest BCUT2D eigenvalue weighted by molar-refractivity contribution is -0.0773. The van der Waals surface area contributed by atoms with Crippen LogP contribution in [0.1, 0.15) is 39.2 Å². The molecule has 1 aromatic rings. The van der Waals surface area contributed by atoms with Gasteiger partial charge in [-0.3, -0.25) is 0 Å². The number of hydrogen-bond acceptors (Lipinski definition) is 2. The molecule has 2 aliphatic rings. The summed E-state index contributed by atoms with van der Waals surface area (Å²) < 4.78 is 11.8. The van der Waals surface area contributed by atoms with Crippen LogP contribution >= 0.6 is 15.9 Å². The molecule has 1 fully saturated rings. The molecule has 3 atom stereocenters. The summed E-state index contributed by atoms with van der Waals surface area (Å²) in [6, 6.07) is 6.18. The van der Waals surface area contributed by atoms with Gasteiger partial charge in [-0.25, -0.2) is 0 Å². The summed E-state index contributed by atoms with van der Waals surface area (Å²) in [5, 5.41) is 0. The van der Waals surface area contributed by atoms with Gasteiger partial charge in [0.15, 0.2) is 0 Å². The molecule has 0 N–H and O–H groups in total. The van der Waals surface area contributed by atoms with Crippen molar-refractivity contribution in [2.24, 2.45) is 11.3 Å². The second-order valence-electron chi connectivity index (χ2n) is 6.97. The molecule has 3 heteroatoms.